The molecule has 0 radical (unpaired) electrons. The fraction of sp³-hybridized carbons (Fsp3) is 0.357. The summed E-state index contributed by atoms with van der Waals surface area (Å²) in [5.41, 5.74) is 1.79. The summed E-state index contributed by atoms with van der Waals surface area (Å²) in [5.74, 6) is -4.30. The Morgan fingerprint density at radius 3 is 2.12 bits per heavy atom. The Labute approximate surface area is 236 Å². The van der Waals surface area contributed by atoms with Crippen LogP contribution < -0.4 is 21.3 Å². The molecule has 0 aliphatic carbocycles. The second-order valence-corrected chi connectivity index (χ2v) is 9.16. The Balaban J connectivity index is 1.78. The Kier molecular flexibility index (Phi) is 13.3. The molecule has 13 heteroatoms. The van der Waals surface area contributed by atoms with Gasteiger partial charge in [0.05, 0.1) is 12.8 Å². The van der Waals surface area contributed by atoms with Gasteiger partial charge < -0.3 is 36.2 Å². The maximum Gasteiger partial charge on any atom is 0.407 e. The molecule has 220 valence electrons. The van der Waals surface area contributed by atoms with Gasteiger partial charge in [-0.2, -0.15) is 0 Å². The standard InChI is InChI=1S/C28H34N4O9/c1-18(33)30-22(9-5-6-14-29-28(40)41-17-20-7-3-2-4-8-20)26(37)31-21-12-10-19(11-13-21)15-24(34)32-23(27(38)39)16-25(35)36/h2-4,7-8,10-13,22-23H,5-6,9,14-17H2,1H3,(H,29,40)(H,30,33)(H,31,37)(H,32,34)(H,35,36)(H,38,39)/t22-,23-/m0/s1. The topological polar surface area (TPSA) is 200 Å². The molecule has 2 rings (SSSR count). The number of anilines is 1. The smallest absolute Gasteiger partial charge is 0.407 e. The van der Waals surface area contributed by atoms with Crippen molar-refractivity contribution in [1.82, 2.24) is 16.0 Å². The highest BCUT2D eigenvalue weighted by atomic mass is 16.5. The maximum absolute atomic E-state index is 12.8. The highest BCUT2D eigenvalue weighted by Gasteiger charge is 2.23. The number of carbonyl (C=O) groups is 6. The minimum Gasteiger partial charge on any atom is -0.481 e. The van der Waals surface area contributed by atoms with Crippen LogP contribution in [0.3, 0.4) is 0 Å². The van der Waals surface area contributed by atoms with E-state index < -0.39 is 48.4 Å². The van der Waals surface area contributed by atoms with E-state index in [1.54, 1.807) is 24.3 Å². The van der Waals surface area contributed by atoms with E-state index in [1.807, 2.05) is 30.3 Å². The van der Waals surface area contributed by atoms with E-state index in [0.29, 0.717) is 37.1 Å². The van der Waals surface area contributed by atoms with Gasteiger partial charge in [0.25, 0.3) is 0 Å². The quantitative estimate of drug-likeness (QED) is 0.163. The zero-order chi connectivity index (χ0) is 30.2. The molecule has 0 bridgehead atoms. The Hall–Kier alpha value is -4.94. The number of aliphatic carboxylic acids is 2. The van der Waals surface area contributed by atoms with Gasteiger partial charge in [-0.05, 0) is 42.5 Å². The Bertz CT molecular complexity index is 1200. The summed E-state index contributed by atoms with van der Waals surface area (Å²) < 4.78 is 5.14. The normalized spacial score (nSPS) is 11.8. The molecule has 0 saturated heterocycles. The molecule has 2 aromatic carbocycles. The van der Waals surface area contributed by atoms with Crippen molar-refractivity contribution in [2.24, 2.45) is 0 Å². The number of carboxylic acids is 2. The highest BCUT2D eigenvalue weighted by Crippen LogP contribution is 2.12. The SMILES string of the molecule is CC(=O)N[C@@H](CCCCNC(=O)OCc1ccccc1)C(=O)Nc1ccc(CC(=O)N[C@@H](CC(=O)O)C(=O)O)cc1. The molecular weight excluding hydrogens is 536 g/mol. The van der Waals surface area contributed by atoms with Crippen molar-refractivity contribution in [1.29, 1.82) is 0 Å². The minimum absolute atomic E-state index is 0.156. The van der Waals surface area contributed by atoms with Gasteiger partial charge in [0.15, 0.2) is 0 Å². The van der Waals surface area contributed by atoms with Crippen LogP contribution in [0.25, 0.3) is 0 Å². The number of alkyl carbamates (subject to hydrolysis) is 1. The molecule has 13 nitrogen and oxygen atoms in total. The van der Waals surface area contributed by atoms with E-state index in [4.69, 9.17) is 14.9 Å². The lowest BCUT2D eigenvalue weighted by molar-refractivity contribution is -0.147. The van der Waals surface area contributed by atoms with Gasteiger partial charge in [0, 0.05) is 19.2 Å². The Morgan fingerprint density at radius 1 is 0.829 bits per heavy atom. The van der Waals surface area contributed by atoms with Crippen LogP contribution in [0.5, 0.6) is 0 Å². The van der Waals surface area contributed by atoms with Crippen molar-refractivity contribution in [2.45, 2.75) is 57.7 Å². The van der Waals surface area contributed by atoms with E-state index >= 15 is 0 Å². The molecule has 0 heterocycles. The van der Waals surface area contributed by atoms with Gasteiger partial charge in [-0.25, -0.2) is 9.59 Å². The maximum atomic E-state index is 12.8. The molecule has 0 unspecified atom stereocenters. The average molecular weight is 571 g/mol. The van der Waals surface area contributed by atoms with Crippen LogP contribution in [0.4, 0.5) is 10.5 Å². The minimum atomic E-state index is -1.55. The monoisotopic (exact) mass is 570 g/mol. The largest absolute Gasteiger partial charge is 0.481 e. The number of hydrogen-bond donors (Lipinski definition) is 6. The van der Waals surface area contributed by atoms with Crippen LogP contribution in [-0.4, -0.2) is 64.6 Å². The molecule has 0 aliphatic heterocycles. The van der Waals surface area contributed by atoms with Crippen molar-refractivity contribution in [3.05, 3.63) is 65.7 Å². The third kappa shape index (κ3) is 13.1. The first kappa shape index (κ1) is 32.3. The van der Waals surface area contributed by atoms with Crippen molar-refractivity contribution in [3.63, 3.8) is 0 Å². The lowest BCUT2D eigenvalue weighted by Crippen LogP contribution is -2.43. The number of carboxylic acid groups (broad SMARTS) is 2. The third-order valence-electron chi connectivity index (χ3n) is 5.69. The van der Waals surface area contributed by atoms with Crippen LogP contribution in [0.1, 0.15) is 43.7 Å². The molecule has 2 atom stereocenters. The van der Waals surface area contributed by atoms with E-state index in [1.165, 1.54) is 6.92 Å². The van der Waals surface area contributed by atoms with Crippen molar-refractivity contribution in [2.75, 3.05) is 11.9 Å². The molecule has 6 N–H and O–H groups in total. The lowest BCUT2D eigenvalue weighted by Gasteiger charge is -2.18. The number of carbonyl (C=O) groups excluding carboxylic acids is 4. The molecule has 0 fully saturated rings. The number of rotatable bonds is 16. The van der Waals surface area contributed by atoms with Gasteiger partial charge in [0.2, 0.25) is 17.7 Å². The van der Waals surface area contributed by atoms with Crippen LogP contribution in [0, 0.1) is 0 Å². The summed E-state index contributed by atoms with van der Waals surface area (Å²) in [6, 6.07) is 13.1. The zero-order valence-corrected chi connectivity index (χ0v) is 22.6. The number of ether oxygens (including phenoxy) is 1. The number of unbranched alkanes of at least 4 members (excludes halogenated alkanes) is 1. The zero-order valence-electron chi connectivity index (χ0n) is 22.6. The predicted molar refractivity (Wildman–Crippen MR) is 147 cm³/mol. The first-order chi connectivity index (χ1) is 19.5. The van der Waals surface area contributed by atoms with Gasteiger partial charge in [-0.3, -0.25) is 19.2 Å². The number of benzene rings is 2. The molecule has 0 aliphatic rings. The first-order valence-corrected chi connectivity index (χ1v) is 12.9. The summed E-state index contributed by atoms with van der Waals surface area (Å²) in [5, 5.41) is 27.9. The molecule has 0 saturated carbocycles. The van der Waals surface area contributed by atoms with Crippen LogP contribution >= 0.6 is 0 Å². The molecule has 41 heavy (non-hydrogen) atoms. The van der Waals surface area contributed by atoms with E-state index in [2.05, 4.69) is 21.3 Å². The summed E-state index contributed by atoms with van der Waals surface area (Å²) in [7, 11) is 0. The molecule has 2 aromatic rings. The van der Waals surface area contributed by atoms with Crippen molar-refractivity contribution < 1.29 is 43.7 Å². The van der Waals surface area contributed by atoms with Gasteiger partial charge >= 0.3 is 18.0 Å². The summed E-state index contributed by atoms with van der Waals surface area (Å²) in [4.78, 5) is 70.3. The molecular formula is C28H34N4O9. The fourth-order valence-corrected chi connectivity index (χ4v) is 3.69. The number of hydrogen-bond acceptors (Lipinski definition) is 7. The van der Waals surface area contributed by atoms with E-state index in [0.717, 1.165) is 5.56 Å². The highest BCUT2D eigenvalue weighted by molar-refractivity contribution is 5.97. The summed E-state index contributed by atoms with van der Waals surface area (Å²) in [6.45, 7) is 1.79. The van der Waals surface area contributed by atoms with Gasteiger partial charge in [-0.1, -0.05) is 42.5 Å². The summed E-state index contributed by atoms with van der Waals surface area (Å²) in [6.07, 6.45) is -0.0848. The summed E-state index contributed by atoms with van der Waals surface area (Å²) >= 11 is 0. The van der Waals surface area contributed by atoms with Crippen LogP contribution in [0.15, 0.2) is 54.6 Å². The first-order valence-electron chi connectivity index (χ1n) is 12.9. The average Bonchev–Trinajstić information content (AvgIpc) is 2.91. The van der Waals surface area contributed by atoms with Gasteiger partial charge in [0.1, 0.15) is 18.7 Å². The fourth-order valence-electron chi connectivity index (χ4n) is 3.69. The molecule has 4 amide bonds. The van der Waals surface area contributed by atoms with Crippen molar-refractivity contribution >= 4 is 41.4 Å². The lowest BCUT2D eigenvalue weighted by atomic mass is 10.1. The Morgan fingerprint density at radius 2 is 1.51 bits per heavy atom. The molecule has 0 aromatic heterocycles. The predicted octanol–water partition coefficient (Wildman–Crippen LogP) is 1.81. The van der Waals surface area contributed by atoms with Gasteiger partial charge in [-0.15, -0.1) is 0 Å². The third-order valence-corrected chi connectivity index (χ3v) is 5.69. The van der Waals surface area contributed by atoms with Crippen LogP contribution in [0.2, 0.25) is 0 Å². The number of nitrogens with one attached hydrogen (secondary N) is 4. The van der Waals surface area contributed by atoms with Crippen molar-refractivity contribution in [3.8, 4) is 0 Å². The number of amides is 4. The van der Waals surface area contributed by atoms with Crippen LogP contribution in [-0.2, 0) is 41.7 Å². The van der Waals surface area contributed by atoms with E-state index in [-0.39, 0.29) is 18.9 Å². The van der Waals surface area contributed by atoms with E-state index in [9.17, 15) is 28.8 Å². The second-order valence-electron chi connectivity index (χ2n) is 9.16. The molecule has 0 spiro atoms. The second kappa shape index (κ2) is 16.9.